The third-order valence-electron chi connectivity index (χ3n) is 4.61. The van der Waals surface area contributed by atoms with Crippen LogP contribution in [0.4, 0.5) is 5.82 Å². The summed E-state index contributed by atoms with van der Waals surface area (Å²) in [5, 5.41) is 0. The number of aromatic nitrogens is 1. The third kappa shape index (κ3) is 3.17. The van der Waals surface area contributed by atoms with E-state index in [1.807, 2.05) is 0 Å². The van der Waals surface area contributed by atoms with Gasteiger partial charge in [-0.3, -0.25) is 4.90 Å². The first-order valence-corrected chi connectivity index (χ1v) is 8.32. The summed E-state index contributed by atoms with van der Waals surface area (Å²) in [5.41, 5.74) is 3.51. The van der Waals surface area contributed by atoms with Crippen LogP contribution < -0.4 is 4.90 Å². The molecule has 0 bridgehead atoms. The predicted octanol–water partition coefficient (Wildman–Crippen LogP) is 2.35. The first-order valence-electron chi connectivity index (χ1n) is 7.79. The lowest BCUT2D eigenvalue weighted by molar-refractivity contribution is 0.0209. The van der Waals surface area contributed by atoms with Gasteiger partial charge in [0.15, 0.2) is 0 Å². The van der Waals surface area contributed by atoms with E-state index in [0.717, 1.165) is 50.9 Å². The summed E-state index contributed by atoms with van der Waals surface area (Å²) in [4.78, 5) is 9.74. The molecule has 0 saturated carbocycles. The van der Waals surface area contributed by atoms with Crippen molar-refractivity contribution in [1.29, 1.82) is 0 Å². The van der Waals surface area contributed by atoms with Crippen LogP contribution in [0.15, 0.2) is 6.07 Å². The monoisotopic (exact) mass is 309 g/mol. The molecule has 2 fully saturated rings. The molecule has 3 rings (SSSR count). The highest BCUT2D eigenvalue weighted by atomic mass is 35.5. The quantitative estimate of drug-likeness (QED) is 0.801. The van der Waals surface area contributed by atoms with E-state index in [0.29, 0.717) is 11.9 Å². The molecule has 4 nitrogen and oxygen atoms in total. The lowest BCUT2D eigenvalue weighted by atomic mass is 10.1. The van der Waals surface area contributed by atoms with Crippen molar-refractivity contribution in [3.63, 3.8) is 0 Å². The van der Waals surface area contributed by atoms with Crippen LogP contribution in [0.3, 0.4) is 0 Å². The number of ether oxygens (including phenoxy) is 1. The molecule has 21 heavy (non-hydrogen) atoms. The van der Waals surface area contributed by atoms with Gasteiger partial charge in [0.2, 0.25) is 0 Å². The van der Waals surface area contributed by atoms with Crippen molar-refractivity contribution in [2.24, 2.45) is 0 Å². The Balaban J connectivity index is 1.76. The lowest BCUT2D eigenvalue weighted by Gasteiger charge is -2.32. The van der Waals surface area contributed by atoms with Gasteiger partial charge in [0.05, 0.1) is 19.1 Å². The SMILES string of the molecule is Cc1cc(C)c(CCl)c(N2CCC(N3CCOCC3)C2)n1. The number of nitrogens with zero attached hydrogens (tertiary/aromatic N) is 3. The lowest BCUT2D eigenvalue weighted by Crippen LogP contribution is -2.44. The van der Waals surface area contributed by atoms with E-state index in [1.54, 1.807) is 0 Å². The van der Waals surface area contributed by atoms with Crippen molar-refractivity contribution in [2.45, 2.75) is 32.2 Å². The van der Waals surface area contributed by atoms with Crippen LogP contribution in [-0.2, 0) is 10.6 Å². The van der Waals surface area contributed by atoms with Crippen LogP contribution in [-0.4, -0.2) is 55.3 Å². The van der Waals surface area contributed by atoms with Gasteiger partial charge in [-0.15, -0.1) is 11.6 Å². The number of anilines is 1. The third-order valence-corrected chi connectivity index (χ3v) is 4.88. The average molecular weight is 310 g/mol. The molecule has 0 radical (unpaired) electrons. The molecule has 0 aliphatic carbocycles. The summed E-state index contributed by atoms with van der Waals surface area (Å²) in [7, 11) is 0. The van der Waals surface area contributed by atoms with Crippen LogP contribution in [0.2, 0.25) is 0 Å². The predicted molar refractivity (Wildman–Crippen MR) is 86.3 cm³/mol. The largest absolute Gasteiger partial charge is 0.379 e. The van der Waals surface area contributed by atoms with Crippen molar-refractivity contribution in [3.8, 4) is 0 Å². The fourth-order valence-corrected chi connectivity index (χ4v) is 3.78. The Kier molecular flexibility index (Phi) is 4.67. The van der Waals surface area contributed by atoms with Crippen LogP contribution in [0, 0.1) is 13.8 Å². The molecular formula is C16H24ClN3O. The van der Waals surface area contributed by atoms with Crippen molar-refractivity contribution >= 4 is 17.4 Å². The summed E-state index contributed by atoms with van der Waals surface area (Å²) >= 11 is 6.16. The molecule has 2 saturated heterocycles. The number of alkyl halides is 1. The summed E-state index contributed by atoms with van der Waals surface area (Å²) in [6, 6.07) is 2.75. The minimum atomic E-state index is 0.535. The summed E-state index contributed by atoms with van der Waals surface area (Å²) < 4.78 is 5.45. The maximum atomic E-state index is 6.16. The smallest absolute Gasteiger partial charge is 0.133 e. The van der Waals surface area contributed by atoms with Crippen LogP contribution in [0.1, 0.15) is 23.2 Å². The van der Waals surface area contributed by atoms with Crippen LogP contribution in [0.5, 0.6) is 0 Å². The van der Waals surface area contributed by atoms with Gasteiger partial charge in [0, 0.05) is 43.5 Å². The average Bonchev–Trinajstić information content (AvgIpc) is 2.97. The highest BCUT2D eigenvalue weighted by Crippen LogP contribution is 2.28. The van der Waals surface area contributed by atoms with Gasteiger partial charge in [-0.1, -0.05) is 0 Å². The Hall–Kier alpha value is -0.840. The fourth-order valence-electron chi connectivity index (χ4n) is 3.45. The van der Waals surface area contributed by atoms with E-state index in [2.05, 4.69) is 29.7 Å². The first-order chi connectivity index (χ1) is 10.2. The van der Waals surface area contributed by atoms with Gasteiger partial charge in [-0.2, -0.15) is 0 Å². The molecule has 0 amide bonds. The number of pyridine rings is 1. The van der Waals surface area contributed by atoms with Crippen molar-refractivity contribution < 1.29 is 4.74 Å². The second-order valence-electron chi connectivity index (χ2n) is 6.05. The molecular weight excluding hydrogens is 286 g/mol. The fraction of sp³-hybridized carbons (Fsp3) is 0.688. The summed E-state index contributed by atoms with van der Waals surface area (Å²) in [5.74, 6) is 1.63. The zero-order chi connectivity index (χ0) is 14.8. The van der Waals surface area contributed by atoms with Crippen molar-refractivity contribution in [1.82, 2.24) is 9.88 Å². The molecule has 1 aromatic heterocycles. The standard InChI is InChI=1S/C16H24ClN3O/c1-12-9-13(2)18-16(15(12)10-17)20-4-3-14(11-20)19-5-7-21-8-6-19/h9,14H,3-8,10-11H2,1-2H3. The number of morpholine rings is 1. The van der Waals surface area contributed by atoms with Gasteiger partial charge in [0.25, 0.3) is 0 Å². The van der Waals surface area contributed by atoms with E-state index in [4.69, 9.17) is 21.3 Å². The normalized spacial score (nSPS) is 23.8. The van der Waals surface area contributed by atoms with E-state index < -0.39 is 0 Å². The number of hydrogen-bond acceptors (Lipinski definition) is 4. The maximum Gasteiger partial charge on any atom is 0.133 e. The molecule has 0 aromatic carbocycles. The molecule has 2 aliphatic heterocycles. The second-order valence-corrected chi connectivity index (χ2v) is 6.32. The number of aryl methyl sites for hydroxylation is 2. The Bertz CT molecular complexity index is 503. The molecule has 1 atom stereocenters. The number of halogens is 1. The van der Waals surface area contributed by atoms with Gasteiger partial charge >= 0.3 is 0 Å². The van der Waals surface area contributed by atoms with Crippen molar-refractivity contribution in [2.75, 3.05) is 44.3 Å². The zero-order valence-corrected chi connectivity index (χ0v) is 13.7. The van der Waals surface area contributed by atoms with E-state index in [-0.39, 0.29) is 0 Å². The van der Waals surface area contributed by atoms with Crippen molar-refractivity contribution in [3.05, 3.63) is 22.9 Å². The molecule has 0 spiro atoms. The first kappa shape index (κ1) is 15.1. The van der Waals surface area contributed by atoms with Crippen LogP contribution >= 0.6 is 11.6 Å². The minimum absolute atomic E-state index is 0.535. The molecule has 5 heteroatoms. The topological polar surface area (TPSA) is 28.6 Å². The summed E-state index contributed by atoms with van der Waals surface area (Å²) in [6.45, 7) is 10.2. The number of rotatable bonds is 3. The zero-order valence-electron chi connectivity index (χ0n) is 12.9. The van der Waals surface area contributed by atoms with E-state index >= 15 is 0 Å². The Morgan fingerprint density at radius 2 is 2.05 bits per heavy atom. The van der Waals surface area contributed by atoms with Gasteiger partial charge in [-0.25, -0.2) is 4.98 Å². The molecule has 3 heterocycles. The molecule has 0 N–H and O–H groups in total. The second kappa shape index (κ2) is 6.51. The number of hydrogen-bond donors (Lipinski definition) is 0. The Morgan fingerprint density at radius 1 is 1.29 bits per heavy atom. The highest BCUT2D eigenvalue weighted by molar-refractivity contribution is 6.17. The maximum absolute atomic E-state index is 6.16. The molecule has 116 valence electrons. The molecule has 2 aliphatic rings. The van der Waals surface area contributed by atoms with Gasteiger partial charge < -0.3 is 9.64 Å². The van der Waals surface area contributed by atoms with E-state index in [1.165, 1.54) is 17.5 Å². The highest BCUT2D eigenvalue weighted by Gasteiger charge is 2.30. The Labute approximate surface area is 132 Å². The van der Waals surface area contributed by atoms with E-state index in [9.17, 15) is 0 Å². The molecule has 1 aromatic rings. The van der Waals surface area contributed by atoms with Crippen LogP contribution in [0.25, 0.3) is 0 Å². The minimum Gasteiger partial charge on any atom is -0.379 e. The summed E-state index contributed by atoms with van der Waals surface area (Å²) in [6.07, 6.45) is 1.20. The Morgan fingerprint density at radius 3 is 2.76 bits per heavy atom. The molecule has 1 unspecified atom stereocenters. The van der Waals surface area contributed by atoms with Gasteiger partial charge in [-0.05, 0) is 31.9 Å². The van der Waals surface area contributed by atoms with Gasteiger partial charge in [0.1, 0.15) is 5.82 Å².